The van der Waals surface area contributed by atoms with Gasteiger partial charge in [0.15, 0.2) is 25.2 Å². The third-order valence-electron chi connectivity index (χ3n) is 24.4. The van der Waals surface area contributed by atoms with Crippen molar-refractivity contribution in [3.05, 3.63) is 12.2 Å². The number of rotatable bonds is 60. The summed E-state index contributed by atoms with van der Waals surface area (Å²) in [5.41, 5.74) is 0. The molecule has 6 saturated heterocycles. The third kappa shape index (κ3) is 32.7. The van der Waals surface area contributed by atoms with Gasteiger partial charge in [0.2, 0.25) is 17.7 Å². The molecule has 34 atom stereocenters. The van der Waals surface area contributed by atoms with Crippen molar-refractivity contribution in [2.24, 2.45) is 5.92 Å². The number of ketones is 1. The zero-order valence-electron chi connectivity index (χ0n) is 73.7. The maximum absolute atomic E-state index is 14.4. The van der Waals surface area contributed by atoms with Crippen LogP contribution >= 0.6 is 0 Å². The van der Waals surface area contributed by atoms with E-state index in [4.69, 9.17) is 56.8 Å². The molecule has 0 aromatic rings. The highest BCUT2D eigenvalue weighted by atomic mass is 16.8. The summed E-state index contributed by atoms with van der Waals surface area (Å²) in [6.45, 7) is -0.794. The van der Waals surface area contributed by atoms with Crippen molar-refractivity contribution in [3.63, 3.8) is 0 Å². The molecule has 6 heterocycles. The number of aliphatic carboxylic acids is 2. The Labute approximate surface area is 740 Å². The molecule has 0 radical (unpaired) electrons. The molecule has 0 saturated carbocycles. The number of nitrogens with one attached hydrogen (secondary N) is 3. The molecule has 6 rings (SSSR count). The largest absolute Gasteiger partial charge is 0.477 e. The Balaban J connectivity index is 1.33. The minimum atomic E-state index is -3.68. The molecule has 0 aromatic heterocycles. The van der Waals surface area contributed by atoms with Crippen molar-refractivity contribution in [3.8, 4) is 0 Å². The van der Waals surface area contributed by atoms with Gasteiger partial charge in [0.1, 0.15) is 128 Å². The first kappa shape index (κ1) is 111. The lowest BCUT2D eigenvalue weighted by atomic mass is 9.86. The Kier molecular flexibility index (Phi) is 49.6. The summed E-state index contributed by atoms with van der Waals surface area (Å²) < 4.78 is 72.5. The Morgan fingerprint density at radius 2 is 0.874 bits per heavy atom. The van der Waals surface area contributed by atoms with Crippen LogP contribution in [0.15, 0.2) is 12.2 Å². The highest BCUT2D eigenvalue weighted by Gasteiger charge is 2.64. The average Bonchev–Trinajstić information content (AvgIpc) is 0.742. The number of unbranched alkanes of at least 4 members (excludes halogenated alkanes) is 25. The Morgan fingerprint density at radius 1 is 0.449 bits per heavy atom. The monoisotopic (exact) mass is 1840 g/mol. The lowest BCUT2D eigenvalue weighted by Crippen LogP contribution is -2.72. The Bertz CT molecular complexity index is 3190. The van der Waals surface area contributed by atoms with Crippen LogP contribution in [0, 0.1) is 5.92 Å². The number of carbonyl (C=O) groups is 6. The van der Waals surface area contributed by atoms with Crippen LogP contribution in [0.25, 0.3) is 0 Å². The predicted molar refractivity (Wildman–Crippen MR) is 441 cm³/mol. The molecule has 0 bridgehead atoms. The van der Waals surface area contributed by atoms with E-state index < -0.39 is 308 Å². The number of ether oxygens (including phenoxy) is 12. The second kappa shape index (κ2) is 56.6. The first-order chi connectivity index (χ1) is 60.6. The highest BCUT2D eigenvalue weighted by Crippen LogP contribution is 2.44. The fourth-order valence-electron chi connectivity index (χ4n) is 17.2. The number of carbonyl (C=O) groups excluding carboxylic acids is 4. The van der Waals surface area contributed by atoms with E-state index in [9.17, 15) is 136 Å². The van der Waals surface area contributed by atoms with Gasteiger partial charge in [-0.2, -0.15) is 0 Å². The van der Waals surface area contributed by atoms with Gasteiger partial charge in [-0.05, 0) is 26.2 Å². The lowest BCUT2D eigenvalue weighted by Gasteiger charge is -2.53. The van der Waals surface area contributed by atoms with E-state index in [1.165, 1.54) is 102 Å². The second-order valence-corrected chi connectivity index (χ2v) is 34.6. The van der Waals surface area contributed by atoms with Gasteiger partial charge in [0, 0.05) is 45.4 Å². The summed E-state index contributed by atoms with van der Waals surface area (Å²) >= 11 is 0. The number of aliphatic hydroxyl groups is 19. The standard InChI is InChI=1S/C85H149N3O39/c1-6-8-10-12-14-16-18-20-21-23-25-27-29-31-33-35-60(102)88-50(51(98)34-32-30-28-26-24-22-19-17-15-13-11-9-7-2)45-116-79-70(110)68(108)73(58(43-93)119-79)122-81-71(111)77(74(59(44-94)120-81)123-78-49(36-46(3)95)72(65(105)56(41-91)117-78)121-80-69(109)67(107)64(104)55(40-90)118-80)127-85(83(114)115)38-53(100)62(87-48(5)97)76(126-85)66(106)57(42-92)124-84(82(112)113)37-52(99)61(86-47(4)96)75(125-84)63(103)54(101)39-89/h32,34,49-59,61-81,89-94,98-101,103-111H,6-31,33,35-45H2,1-5H3,(H,86,96)(H,87,97)(H,88,102)(H,112,113)(H,114,115)/b34-32-/t49-,50+,51-,52+,53+,54-,55-,56-,57-,58-,59-,61-,62-,63-,64+,65+,66-,67+,68-,69-,70-,71-,72-,73-,74+,75?,76?,77-,78+,79-,80+,81+,84-,85+/m1/s1. The number of hydrogen-bond donors (Lipinski definition) is 24. The molecule has 0 aliphatic carbocycles. The molecule has 24 N–H and O–H groups in total. The molecule has 6 fully saturated rings. The number of carboxylic acids is 2. The molecular formula is C85H149N3O39. The number of allylic oxidation sites excluding steroid dienone is 1. The number of Topliss-reactive ketones (excluding diaryl/α,β-unsaturated/α-hetero) is 1. The number of aliphatic hydroxyl groups excluding tert-OH is 19. The highest BCUT2D eigenvalue weighted by molar-refractivity contribution is 5.78. The average molecular weight is 1840 g/mol. The summed E-state index contributed by atoms with van der Waals surface area (Å²) in [6.07, 6.45) is -32.2. The van der Waals surface area contributed by atoms with Gasteiger partial charge in [-0.3, -0.25) is 14.4 Å². The Morgan fingerprint density at radius 3 is 1.36 bits per heavy atom. The van der Waals surface area contributed by atoms with Gasteiger partial charge >= 0.3 is 11.9 Å². The predicted octanol–water partition coefficient (Wildman–Crippen LogP) is -2.78. The quantitative estimate of drug-likeness (QED) is 0.0216. The molecular weight excluding hydrogens is 1690 g/mol. The molecule has 6 aliphatic heterocycles. The van der Waals surface area contributed by atoms with Crippen LogP contribution in [0.5, 0.6) is 0 Å². The van der Waals surface area contributed by atoms with Gasteiger partial charge in [-0.15, -0.1) is 0 Å². The zero-order chi connectivity index (χ0) is 93.8. The van der Waals surface area contributed by atoms with Crippen molar-refractivity contribution in [2.75, 3.05) is 46.2 Å². The summed E-state index contributed by atoms with van der Waals surface area (Å²) in [5, 5.41) is 245. The van der Waals surface area contributed by atoms with Crippen molar-refractivity contribution < 1.29 is 193 Å². The van der Waals surface area contributed by atoms with E-state index in [0.29, 0.717) is 12.8 Å². The summed E-state index contributed by atoms with van der Waals surface area (Å²) in [4.78, 5) is 80.5. The molecule has 0 spiro atoms. The normalized spacial score (nSPS) is 35.1. The maximum Gasteiger partial charge on any atom is 0.364 e. The number of amides is 3. The maximum atomic E-state index is 14.4. The van der Waals surface area contributed by atoms with E-state index >= 15 is 0 Å². The van der Waals surface area contributed by atoms with Crippen LogP contribution in [0.1, 0.15) is 234 Å². The fourth-order valence-corrected chi connectivity index (χ4v) is 17.2. The van der Waals surface area contributed by atoms with Crippen molar-refractivity contribution in [2.45, 2.75) is 435 Å². The van der Waals surface area contributed by atoms with Crippen LogP contribution in [-0.4, -0.2) is 390 Å². The summed E-state index contributed by atoms with van der Waals surface area (Å²) in [6, 6.07) is -5.10. The SMILES string of the molecule is CCCCCCCCCCCCC/C=C\[C@@H](O)[C@H](CO[C@@H]1O[C@H](CO)[C@@H](O[C@@H]2O[C@H](CO)[C@H](O[C@@H]3O[C@H](CO)[C@H](O)[C@H](O[C@@H]4O[C@H](CO)[C@H](O)[C@H](O)[C@H]4O)[C@H]3CC(C)=O)[C@H](O[C@]3(C(=O)O)C[C@H](O)[C@@H](NC(C)=O)C([C@H](O)[C@@H](CO)O[C@]4(C(=O)O)C[C@H](O)[C@@H](NC(C)=O)C([C@H](O)[C@H](O)CO)O4)O3)[C@H]2O)[C@H](O)[C@H]1O)NC(=O)CCCCCCCCCCCCCCCCC. The second-order valence-electron chi connectivity index (χ2n) is 34.6. The molecule has 42 heteroatoms. The van der Waals surface area contributed by atoms with E-state index in [1.807, 2.05) is 0 Å². The first-order valence-corrected chi connectivity index (χ1v) is 45.4. The van der Waals surface area contributed by atoms with E-state index in [1.54, 1.807) is 6.08 Å². The number of hydrogen-bond acceptors (Lipinski definition) is 37. The molecule has 42 nitrogen and oxygen atoms in total. The zero-order valence-corrected chi connectivity index (χ0v) is 73.7. The van der Waals surface area contributed by atoms with Crippen LogP contribution in [0.3, 0.4) is 0 Å². The van der Waals surface area contributed by atoms with E-state index in [0.717, 1.165) is 85.0 Å². The molecule has 6 aliphatic rings. The van der Waals surface area contributed by atoms with Crippen LogP contribution in [0.4, 0.5) is 0 Å². The minimum absolute atomic E-state index is 0.0884. The molecule has 738 valence electrons. The molecule has 3 amide bonds. The fraction of sp³-hybridized carbons (Fsp3) is 0.906. The van der Waals surface area contributed by atoms with Crippen LogP contribution in [-0.2, 0) is 85.6 Å². The van der Waals surface area contributed by atoms with Gasteiger partial charge in [-0.25, -0.2) is 9.59 Å². The van der Waals surface area contributed by atoms with Gasteiger partial charge in [0.25, 0.3) is 11.6 Å². The smallest absolute Gasteiger partial charge is 0.364 e. The molecule has 127 heavy (non-hydrogen) atoms. The topological polar surface area (TPSA) is 674 Å². The minimum Gasteiger partial charge on any atom is -0.477 e. The van der Waals surface area contributed by atoms with Gasteiger partial charge in [0.05, 0.1) is 88.8 Å². The van der Waals surface area contributed by atoms with E-state index in [-0.39, 0.29) is 6.42 Å². The summed E-state index contributed by atoms with van der Waals surface area (Å²) in [5.74, 6) is -16.5. The van der Waals surface area contributed by atoms with Crippen molar-refractivity contribution >= 4 is 35.4 Å². The summed E-state index contributed by atoms with van der Waals surface area (Å²) in [7, 11) is 0. The van der Waals surface area contributed by atoms with Crippen LogP contribution < -0.4 is 16.0 Å². The Hall–Kier alpha value is -4.48. The van der Waals surface area contributed by atoms with Crippen molar-refractivity contribution in [1.82, 2.24) is 16.0 Å². The third-order valence-corrected chi connectivity index (χ3v) is 24.4. The van der Waals surface area contributed by atoms with E-state index in [2.05, 4.69) is 29.8 Å². The van der Waals surface area contributed by atoms with Gasteiger partial charge < -0.3 is 185 Å². The molecule has 0 aromatic carbocycles. The number of carboxylic acid groups (broad SMARTS) is 2. The lowest BCUT2D eigenvalue weighted by molar-refractivity contribution is -0.407. The van der Waals surface area contributed by atoms with Crippen LogP contribution in [0.2, 0.25) is 0 Å². The molecule has 2 unspecified atom stereocenters. The van der Waals surface area contributed by atoms with Gasteiger partial charge in [-0.1, -0.05) is 180 Å². The first-order valence-electron chi connectivity index (χ1n) is 45.4. The van der Waals surface area contributed by atoms with Crippen molar-refractivity contribution in [1.29, 1.82) is 0 Å².